The van der Waals surface area contributed by atoms with E-state index < -0.39 is 43.0 Å². The van der Waals surface area contributed by atoms with E-state index in [1.165, 1.54) is 29.2 Å². The minimum atomic E-state index is -1.29. The maximum atomic E-state index is 15.1. The average Bonchev–Trinajstić information content (AvgIpc) is 3.47. The second kappa shape index (κ2) is 11.9. The van der Waals surface area contributed by atoms with Gasteiger partial charge in [-0.25, -0.2) is 9.18 Å². The Morgan fingerprint density at radius 2 is 2.03 bits per heavy atom. The third-order valence-electron chi connectivity index (χ3n) is 5.73. The number of thiophene rings is 1. The zero-order valence-electron chi connectivity index (χ0n) is 19.7. The van der Waals surface area contributed by atoms with Crippen molar-refractivity contribution in [3.63, 3.8) is 0 Å². The third kappa shape index (κ3) is 6.10. The normalized spacial score (nSPS) is 17.6. The minimum absolute atomic E-state index is 0.0971. The molecule has 12 nitrogen and oxygen atoms in total. The zero-order valence-corrected chi connectivity index (χ0v) is 21.3. The van der Waals surface area contributed by atoms with Crippen LogP contribution in [0.5, 0.6) is 0 Å². The minimum Gasteiger partial charge on any atom is -0.480 e. The third-order valence-corrected chi connectivity index (χ3v) is 6.95. The van der Waals surface area contributed by atoms with Crippen LogP contribution in [0.4, 0.5) is 20.6 Å². The Morgan fingerprint density at radius 3 is 2.66 bits per heavy atom. The Kier molecular flexibility index (Phi) is 8.56. The summed E-state index contributed by atoms with van der Waals surface area (Å²) >= 11 is 6.90. The van der Waals surface area contributed by atoms with Gasteiger partial charge in [0.15, 0.2) is 0 Å². The number of carboxylic acid groups (broad SMARTS) is 1. The molecule has 2 aromatic rings. The van der Waals surface area contributed by atoms with Gasteiger partial charge in [-0.15, -0.1) is 11.3 Å². The van der Waals surface area contributed by atoms with Gasteiger partial charge in [0, 0.05) is 12.2 Å². The highest BCUT2D eigenvalue weighted by Crippen LogP contribution is 2.30. The van der Waals surface area contributed by atoms with Gasteiger partial charge in [-0.2, -0.15) is 5.01 Å². The maximum absolute atomic E-state index is 15.1. The predicted molar refractivity (Wildman–Crippen MR) is 133 cm³/mol. The van der Waals surface area contributed by atoms with Crippen molar-refractivity contribution in [1.82, 2.24) is 10.0 Å². The molecule has 0 saturated carbocycles. The number of hydrogen-bond donors (Lipinski definition) is 1. The van der Waals surface area contributed by atoms with E-state index in [0.29, 0.717) is 22.9 Å². The summed E-state index contributed by atoms with van der Waals surface area (Å²) in [5, 5.41) is 11.3. The van der Waals surface area contributed by atoms with E-state index in [0.717, 1.165) is 32.3 Å². The van der Waals surface area contributed by atoms with E-state index in [9.17, 15) is 29.1 Å². The summed E-state index contributed by atoms with van der Waals surface area (Å²) in [5.41, 5.74) is 0.216. The summed E-state index contributed by atoms with van der Waals surface area (Å²) in [6, 6.07) is 6.92. The lowest BCUT2D eigenvalue weighted by atomic mass is 10.2. The standard InChI is InChI=1S/C23H22ClFN4O8S/c24-19-4-3-18(38-19)22(34)29(26(5-7-30)12-21(32)33)11-15-10-28(23(35)37-15)17-2-1-14(9-16(17)25)27-6-8-36-13-20(27)31/h1-4,7,9,15H,5-6,8,10-13H2,(H,32,33)/t15-/m0/s1. The Bertz CT molecular complexity index is 1260. The molecule has 0 spiro atoms. The van der Waals surface area contributed by atoms with Gasteiger partial charge in [-0.05, 0) is 30.3 Å². The fourth-order valence-electron chi connectivity index (χ4n) is 4.05. The number of rotatable bonds is 10. The van der Waals surface area contributed by atoms with Gasteiger partial charge in [0.1, 0.15) is 31.4 Å². The number of cyclic esters (lactones) is 1. The Balaban J connectivity index is 1.54. The molecule has 2 fully saturated rings. The van der Waals surface area contributed by atoms with Crippen LogP contribution in [0.1, 0.15) is 9.67 Å². The first-order valence-electron chi connectivity index (χ1n) is 11.3. The summed E-state index contributed by atoms with van der Waals surface area (Å²) in [7, 11) is 0. The fraction of sp³-hybridized carbons (Fsp3) is 0.348. The molecule has 1 N–H and O–H groups in total. The van der Waals surface area contributed by atoms with E-state index in [1.807, 2.05) is 0 Å². The first-order valence-corrected chi connectivity index (χ1v) is 12.5. The Hall–Kier alpha value is -3.59. The van der Waals surface area contributed by atoms with Gasteiger partial charge in [-0.1, -0.05) is 11.6 Å². The topological polar surface area (TPSA) is 137 Å². The van der Waals surface area contributed by atoms with E-state index >= 15 is 4.39 Å². The monoisotopic (exact) mass is 568 g/mol. The quantitative estimate of drug-likeness (QED) is 0.336. The van der Waals surface area contributed by atoms with Crippen LogP contribution in [0.3, 0.4) is 0 Å². The Morgan fingerprint density at radius 1 is 1.24 bits per heavy atom. The molecule has 38 heavy (non-hydrogen) atoms. The molecule has 1 aromatic heterocycles. The van der Waals surface area contributed by atoms with Crippen molar-refractivity contribution in [3.8, 4) is 0 Å². The molecule has 0 bridgehead atoms. The van der Waals surface area contributed by atoms with Gasteiger partial charge in [-0.3, -0.25) is 24.3 Å². The van der Waals surface area contributed by atoms with Crippen LogP contribution in [0.2, 0.25) is 4.34 Å². The van der Waals surface area contributed by atoms with Crippen molar-refractivity contribution in [2.45, 2.75) is 6.10 Å². The van der Waals surface area contributed by atoms with Crippen LogP contribution >= 0.6 is 22.9 Å². The highest BCUT2D eigenvalue weighted by molar-refractivity contribution is 7.17. The first kappa shape index (κ1) is 27.4. The molecular formula is C23H22ClFN4O8S. The fourth-order valence-corrected chi connectivity index (χ4v) is 5.04. The lowest BCUT2D eigenvalue weighted by Crippen LogP contribution is -2.52. The number of aldehydes is 1. The lowest BCUT2D eigenvalue weighted by molar-refractivity contribution is -0.143. The van der Waals surface area contributed by atoms with Crippen LogP contribution in [-0.4, -0.2) is 97.3 Å². The number of ether oxygens (including phenoxy) is 2. The molecule has 2 saturated heterocycles. The lowest BCUT2D eigenvalue weighted by Gasteiger charge is -2.33. The molecule has 4 rings (SSSR count). The van der Waals surface area contributed by atoms with Gasteiger partial charge in [0.2, 0.25) is 0 Å². The smallest absolute Gasteiger partial charge is 0.414 e. The summed E-state index contributed by atoms with van der Waals surface area (Å²) in [6.45, 7) is -1.10. The number of halogens is 2. The van der Waals surface area contributed by atoms with Gasteiger partial charge in [0.05, 0.1) is 41.1 Å². The molecule has 0 radical (unpaired) electrons. The van der Waals surface area contributed by atoms with E-state index in [-0.39, 0.29) is 42.7 Å². The number of benzene rings is 1. The van der Waals surface area contributed by atoms with Crippen molar-refractivity contribution < 1.29 is 42.9 Å². The van der Waals surface area contributed by atoms with Crippen molar-refractivity contribution in [1.29, 1.82) is 0 Å². The Labute approximate surface area is 224 Å². The molecular weight excluding hydrogens is 547 g/mol. The van der Waals surface area contributed by atoms with E-state index in [4.69, 9.17) is 21.1 Å². The highest BCUT2D eigenvalue weighted by atomic mass is 35.5. The van der Waals surface area contributed by atoms with E-state index in [1.54, 1.807) is 0 Å². The number of nitrogens with zero attached hydrogens (tertiary/aromatic N) is 4. The molecule has 3 heterocycles. The van der Waals surface area contributed by atoms with Gasteiger partial charge < -0.3 is 24.3 Å². The number of morpholine rings is 1. The highest BCUT2D eigenvalue weighted by Gasteiger charge is 2.38. The number of aliphatic carboxylic acids is 1. The molecule has 1 aromatic carbocycles. The average molecular weight is 569 g/mol. The molecule has 2 aliphatic rings. The molecule has 0 unspecified atom stereocenters. The summed E-state index contributed by atoms with van der Waals surface area (Å²) in [6.07, 6.45) is -1.42. The molecule has 0 aliphatic carbocycles. The second-order valence-electron chi connectivity index (χ2n) is 8.25. The van der Waals surface area contributed by atoms with E-state index in [2.05, 4.69) is 0 Å². The maximum Gasteiger partial charge on any atom is 0.414 e. The SMILES string of the molecule is O=CCN(CC(=O)O)N(C[C@@H]1CN(c2ccc(N3CCOCC3=O)cc2F)C(=O)O1)C(=O)c1ccc(Cl)s1. The summed E-state index contributed by atoms with van der Waals surface area (Å²) in [4.78, 5) is 63.2. The molecule has 2 aliphatic heterocycles. The van der Waals surface area contributed by atoms with Gasteiger partial charge in [0.25, 0.3) is 11.8 Å². The number of hydrazine groups is 1. The summed E-state index contributed by atoms with van der Waals surface area (Å²) in [5.74, 6) is -3.03. The number of amides is 3. The van der Waals surface area contributed by atoms with Crippen LogP contribution < -0.4 is 9.80 Å². The predicted octanol–water partition coefficient (Wildman–Crippen LogP) is 1.87. The van der Waals surface area contributed by atoms with Gasteiger partial charge >= 0.3 is 12.1 Å². The number of carbonyl (C=O) groups is 5. The first-order chi connectivity index (χ1) is 18.2. The van der Waals surface area contributed by atoms with Crippen molar-refractivity contribution in [2.24, 2.45) is 0 Å². The molecule has 202 valence electrons. The molecule has 1 atom stereocenters. The van der Waals surface area contributed by atoms with Crippen LogP contribution in [0, 0.1) is 5.82 Å². The largest absolute Gasteiger partial charge is 0.480 e. The van der Waals surface area contributed by atoms with Crippen LogP contribution in [0.15, 0.2) is 30.3 Å². The van der Waals surface area contributed by atoms with Crippen molar-refractivity contribution in [3.05, 3.63) is 45.4 Å². The number of carboxylic acids is 1. The van der Waals surface area contributed by atoms with Crippen molar-refractivity contribution >= 4 is 64.5 Å². The number of hydrogen-bond acceptors (Lipinski definition) is 9. The number of anilines is 2. The number of carbonyl (C=O) groups excluding carboxylic acids is 4. The van der Waals surface area contributed by atoms with Crippen LogP contribution in [0.25, 0.3) is 0 Å². The molecule has 15 heteroatoms. The summed E-state index contributed by atoms with van der Waals surface area (Å²) < 4.78 is 25.8. The second-order valence-corrected chi connectivity index (χ2v) is 9.96. The zero-order chi connectivity index (χ0) is 27.4. The molecule has 3 amide bonds. The van der Waals surface area contributed by atoms with Crippen LogP contribution in [-0.2, 0) is 23.9 Å². The van der Waals surface area contributed by atoms with Crippen molar-refractivity contribution in [2.75, 3.05) is 55.7 Å².